The first-order valence-corrected chi connectivity index (χ1v) is 6.71. The standard InChI is InChI=1S/C7H9N3O3S3/c8-5(11)3-10-16(12,13)6-2-1-4(15-6)7(9)14/h1-2,10H,3H2,(H2,8,11)(H2,9,14). The van der Waals surface area contributed by atoms with E-state index < -0.39 is 22.5 Å². The second-order valence-electron chi connectivity index (χ2n) is 2.77. The molecule has 0 saturated carbocycles. The van der Waals surface area contributed by atoms with Gasteiger partial charge in [0.2, 0.25) is 5.91 Å². The monoisotopic (exact) mass is 279 g/mol. The summed E-state index contributed by atoms with van der Waals surface area (Å²) in [6.07, 6.45) is 0. The second-order valence-corrected chi connectivity index (χ2v) is 6.29. The highest BCUT2D eigenvalue weighted by molar-refractivity contribution is 7.91. The van der Waals surface area contributed by atoms with Crippen molar-refractivity contribution in [3.63, 3.8) is 0 Å². The molecule has 0 radical (unpaired) electrons. The van der Waals surface area contributed by atoms with Crippen molar-refractivity contribution in [1.82, 2.24) is 4.72 Å². The largest absolute Gasteiger partial charge is 0.389 e. The van der Waals surface area contributed by atoms with Crippen molar-refractivity contribution in [2.24, 2.45) is 11.5 Å². The SMILES string of the molecule is NC(=O)CNS(=O)(=O)c1ccc(C(N)=S)s1. The maximum absolute atomic E-state index is 11.6. The molecule has 0 aliphatic rings. The summed E-state index contributed by atoms with van der Waals surface area (Å²) in [6, 6.07) is 2.87. The van der Waals surface area contributed by atoms with E-state index in [1.807, 2.05) is 0 Å². The molecule has 0 unspecified atom stereocenters. The molecule has 0 aliphatic heterocycles. The van der Waals surface area contributed by atoms with Crippen LogP contribution >= 0.6 is 23.6 Å². The smallest absolute Gasteiger partial charge is 0.250 e. The number of nitrogens with two attached hydrogens (primary N) is 2. The lowest BCUT2D eigenvalue weighted by atomic mass is 10.5. The van der Waals surface area contributed by atoms with E-state index in [1.54, 1.807) is 0 Å². The third-order valence-corrected chi connectivity index (χ3v) is 4.89. The molecule has 0 bridgehead atoms. The number of amides is 1. The van der Waals surface area contributed by atoms with Crippen molar-refractivity contribution in [3.8, 4) is 0 Å². The number of sulfonamides is 1. The van der Waals surface area contributed by atoms with Gasteiger partial charge in [0.25, 0.3) is 10.0 Å². The van der Waals surface area contributed by atoms with Crippen LogP contribution < -0.4 is 16.2 Å². The molecule has 88 valence electrons. The van der Waals surface area contributed by atoms with E-state index in [0.29, 0.717) is 4.88 Å². The number of thiophene rings is 1. The van der Waals surface area contributed by atoms with Crippen molar-refractivity contribution in [3.05, 3.63) is 17.0 Å². The summed E-state index contributed by atoms with van der Waals surface area (Å²) in [5.41, 5.74) is 10.2. The lowest BCUT2D eigenvalue weighted by Gasteiger charge is -2.01. The van der Waals surface area contributed by atoms with Crippen LogP contribution in [-0.4, -0.2) is 25.9 Å². The fraction of sp³-hybridized carbons (Fsp3) is 0.143. The molecule has 0 aliphatic carbocycles. The van der Waals surface area contributed by atoms with E-state index in [4.69, 9.17) is 23.7 Å². The van der Waals surface area contributed by atoms with E-state index in [1.165, 1.54) is 12.1 Å². The van der Waals surface area contributed by atoms with E-state index in [2.05, 4.69) is 4.72 Å². The molecule has 16 heavy (non-hydrogen) atoms. The minimum atomic E-state index is -3.72. The van der Waals surface area contributed by atoms with Gasteiger partial charge in [0, 0.05) is 0 Å². The van der Waals surface area contributed by atoms with E-state index in [9.17, 15) is 13.2 Å². The first-order chi connectivity index (χ1) is 7.33. The molecular formula is C7H9N3O3S3. The van der Waals surface area contributed by atoms with Crippen LogP contribution in [-0.2, 0) is 14.8 Å². The Morgan fingerprint density at radius 3 is 2.50 bits per heavy atom. The molecule has 1 aromatic heterocycles. The fourth-order valence-electron chi connectivity index (χ4n) is 0.834. The highest BCUT2D eigenvalue weighted by atomic mass is 32.2. The Hall–Kier alpha value is -1.03. The Morgan fingerprint density at radius 1 is 1.44 bits per heavy atom. The summed E-state index contributed by atoms with van der Waals surface area (Å²) >= 11 is 5.63. The molecule has 0 saturated heterocycles. The van der Waals surface area contributed by atoms with Gasteiger partial charge >= 0.3 is 0 Å². The minimum Gasteiger partial charge on any atom is -0.389 e. The zero-order chi connectivity index (χ0) is 12.3. The van der Waals surface area contributed by atoms with Gasteiger partial charge in [0.1, 0.15) is 9.20 Å². The fourth-order valence-corrected chi connectivity index (χ4v) is 3.22. The van der Waals surface area contributed by atoms with Gasteiger partial charge in [-0.15, -0.1) is 11.3 Å². The molecule has 5 N–H and O–H groups in total. The number of carbonyl (C=O) groups excluding carboxylic acids is 1. The average Bonchev–Trinajstić information content (AvgIpc) is 2.64. The summed E-state index contributed by atoms with van der Waals surface area (Å²) in [4.78, 5) is 11.1. The molecule has 0 spiro atoms. The number of primary amides is 1. The predicted molar refractivity (Wildman–Crippen MR) is 64.6 cm³/mol. The number of hydrogen-bond donors (Lipinski definition) is 3. The van der Waals surface area contributed by atoms with Gasteiger partial charge in [-0.25, -0.2) is 13.1 Å². The van der Waals surface area contributed by atoms with Crippen molar-refractivity contribution >= 4 is 44.5 Å². The number of carbonyl (C=O) groups is 1. The Morgan fingerprint density at radius 2 is 2.06 bits per heavy atom. The molecule has 1 aromatic rings. The molecule has 0 aromatic carbocycles. The highest BCUT2D eigenvalue weighted by Crippen LogP contribution is 2.20. The Kier molecular flexibility index (Phi) is 3.97. The van der Waals surface area contributed by atoms with Crippen LogP contribution in [0.1, 0.15) is 4.88 Å². The number of rotatable bonds is 5. The van der Waals surface area contributed by atoms with Crippen molar-refractivity contribution in [2.45, 2.75) is 4.21 Å². The van der Waals surface area contributed by atoms with Gasteiger partial charge in [-0.1, -0.05) is 12.2 Å². The molecule has 1 rings (SSSR count). The lowest BCUT2D eigenvalue weighted by Crippen LogP contribution is -2.32. The number of thiocarbonyl (C=S) groups is 1. The number of nitrogens with one attached hydrogen (secondary N) is 1. The molecule has 0 fully saturated rings. The van der Waals surface area contributed by atoms with E-state index >= 15 is 0 Å². The molecule has 9 heteroatoms. The quantitative estimate of drug-likeness (QED) is 0.607. The van der Waals surface area contributed by atoms with Crippen LogP contribution in [0.15, 0.2) is 16.3 Å². The zero-order valence-corrected chi connectivity index (χ0v) is 10.4. The number of hydrogen-bond acceptors (Lipinski definition) is 5. The Bertz CT molecular complexity index is 520. The summed E-state index contributed by atoms with van der Waals surface area (Å²) in [5.74, 6) is -0.755. The maximum atomic E-state index is 11.6. The van der Waals surface area contributed by atoms with Gasteiger partial charge in [0.05, 0.1) is 11.4 Å². The molecule has 1 amide bonds. The summed E-state index contributed by atoms with van der Waals surface area (Å²) in [6.45, 7) is -0.442. The van der Waals surface area contributed by atoms with Crippen LogP contribution in [0.25, 0.3) is 0 Å². The van der Waals surface area contributed by atoms with Crippen molar-refractivity contribution < 1.29 is 13.2 Å². The van der Waals surface area contributed by atoms with Gasteiger partial charge in [0.15, 0.2) is 0 Å². The molecular weight excluding hydrogens is 270 g/mol. The normalized spacial score (nSPS) is 11.2. The molecule has 6 nitrogen and oxygen atoms in total. The minimum absolute atomic E-state index is 0.0385. The van der Waals surface area contributed by atoms with Crippen molar-refractivity contribution in [1.29, 1.82) is 0 Å². The molecule has 1 heterocycles. The third-order valence-electron chi connectivity index (χ3n) is 1.53. The first-order valence-electron chi connectivity index (χ1n) is 4.00. The topological polar surface area (TPSA) is 115 Å². The Labute approximate surface area is 102 Å². The summed E-state index contributed by atoms with van der Waals surface area (Å²) in [5, 5.41) is 0. The molecule has 0 atom stereocenters. The zero-order valence-electron chi connectivity index (χ0n) is 7.97. The summed E-state index contributed by atoms with van der Waals surface area (Å²) in [7, 11) is -3.72. The predicted octanol–water partition coefficient (Wildman–Crippen LogP) is -0.854. The first kappa shape index (κ1) is 13.0. The second kappa shape index (κ2) is 4.87. The van der Waals surface area contributed by atoms with E-state index in [0.717, 1.165) is 11.3 Å². The van der Waals surface area contributed by atoms with E-state index in [-0.39, 0.29) is 9.20 Å². The maximum Gasteiger partial charge on any atom is 0.250 e. The van der Waals surface area contributed by atoms with Gasteiger partial charge in [-0.3, -0.25) is 4.79 Å². The highest BCUT2D eigenvalue weighted by Gasteiger charge is 2.17. The average molecular weight is 279 g/mol. The van der Waals surface area contributed by atoms with Crippen LogP contribution in [0.5, 0.6) is 0 Å². The van der Waals surface area contributed by atoms with Crippen molar-refractivity contribution in [2.75, 3.05) is 6.54 Å². The summed E-state index contributed by atoms with van der Waals surface area (Å²) < 4.78 is 25.2. The lowest BCUT2D eigenvalue weighted by molar-refractivity contribution is -0.116. The van der Waals surface area contributed by atoms with Crippen LogP contribution in [0, 0.1) is 0 Å². The van der Waals surface area contributed by atoms with Gasteiger partial charge in [-0.05, 0) is 12.1 Å². The third kappa shape index (κ3) is 3.23. The van der Waals surface area contributed by atoms with Crippen LogP contribution in [0.2, 0.25) is 0 Å². The van der Waals surface area contributed by atoms with Gasteiger partial charge in [-0.2, -0.15) is 0 Å². The van der Waals surface area contributed by atoms with Gasteiger partial charge < -0.3 is 11.5 Å². The Balaban J connectivity index is 2.90. The van der Waals surface area contributed by atoms with Crippen LogP contribution in [0.3, 0.4) is 0 Å². The van der Waals surface area contributed by atoms with Crippen LogP contribution in [0.4, 0.5) is 0 Å².